The summed E-state index contributed by atoms with van der Waals surface area (Å²) in [5.41, 5.74) is 5.86. The number of ether oxygens (including phenoxy) is 2. The molecule has 1 aromatic rings. The summed E-state index contributed by atoms with van der Waals surface area (Å²) in [6.07, 6.45) is 1.02. The maximum Gasteiger partial charge on any atom is 0.323 e. The molecule has 0 aliphatic heterocycles. The molecule has 0 spiro atoms. The molecule has 4 nitrogen and oxygen atoms in total. The molecule has 0 radical (unpaired) electrons. The first-order valence-corrected chi connectivity index (χ1v) is 8.68. The van der Waals surface area contributed by atoms with Crippen LogP contribution in [0.5, 0.6) is 5.75 Å². The maximum absolute atomic E-state index is 13.1. The van der Waals surface area contributed by atoms with Crippen LogP contribution < -0.4 is 10.5 Å². The van der Waals surface area contributed by atoms with Crippen molar-refractivity contribution in [3.63, 3.8) is 0 Å². The van der Waals surface area contributed by atoms with Crippen LogP contribution >= 0.6 is 12.4 Å². The number of benzene rings is 1. The zero-order valence-electron chi connectivity index (χ0n) is 15.7. The molecule has 0 aromatic heterocycles. The van der Waals surface area contributed by atoms with E-state index in [0.29, 0.717) is 5.75 Å². The zero-order valence-corrected chi connectivity index (χ0v) is 16.5. The van der Waals surface area contributed by atoms with Crippen LogP contribution in [0.15, 0.2) is 24.3 Å². The summed E-state index contributed by atoms with van der Waals surface area (Å²) in [6, 6.07) is 5.22. The van der Waals surface area contributed by atoms with Crippen molar-refractivity contribution in [1.82, 2.24) is 0 Å². The van der Waals surface area contributed by atoms with Gasteiger partial charge in [0.2, 0.25) is 0 Å². The van der Waals surface area contributed by atoms with E-state index >= 15 is 0 Å². The van der Waals surface area contributed by atoms with E-state index in [4.69, 9.17) is 15.2 Å². The van der Waals surface area contributed by atoms with Crippen molar-refractivity contribution in [3.05, 3.63) is 30.1 Å². The van der Waals surface area contributed by atoms with E-state index in [1.807, 2.05) is 20.8 Å². The van der Waals surface area contributed by atoms with Crippen LogP contribution in [-0.4, -0.2) is 24.2 Å². The van der Waals surface area contributed by atoms with Crippen molar-refractivity contribution in [3.8, 4) is 5.75 Å². The molecule has 0 fully saturated rings. The molecular formula is C19H31ClFNO3. The molecule has 0 saturated carbocycles. The Labute approximate surface area is 156 Å². The van der Waals surface area contributed by atoms with Gasteiger partial charge in [0, 0.05) is 0 Å². The third kappa shape index (κ3) is 7.20. The van der Waals surface area contributed by atoms with Gasteiger partial charge in [0.05, 0.1) is 0 Å². The highest BCUT2D eigenvalue weighted by atomic mass is 35.5. The molecule has 0 amide bonds. The van der Waals surface area contributed by atoms with Crippen LogP contribution in [0.1, 0.15) is 47.5 Å². The van der Waals surface area contributed by atoms with Crippen LogP contribution in [-0.2, 0) is 9.53 Å². The SMILES string of the molecule is CCC(CC)[C@@H](Oc1ccc(F)cc1)[C@H](C)OC(=O)[C@@H](N)C(C)C.Cl. The fourth-order valence-corrected chi connectivity index (χ4v) is 2.60. The van der Waals surface area contributed by atoms with Crippen molar-refractivity contribution in [2.45, 2.75) is 65.7 Å². The van der Waals surface area contributed by atoms with Gasteiger partial charge in [-0.3, -0.25) is 4.79 Å². The molecule has 0 aliphatic rings. The second-order valence-corrected chi connectivity index (χ2v) is 6.52. The van der Waals surface area contributed by atoms with Gasteiger partial charge in [-0.1, -0.05) is 27.7 Å². The van der Waals surface area contributed by atoms with E-state index in [1.54, 1.807) is 12.1 Å². The van der Waals surface area contributed by atoms with Crippen LogP contribution in [0.3, 0.4) is 0 Å². The highest BCUT2D eigenvalue weighted by Crippen LogP contribution is 2.25. The quantitative estimate of drug-likeness (QED) is 0.652. The van der Waals surface area contributed by atoms with E-state index in [-0.39, 0.29) is 36.2 Å². The molecule has 144 valence electrons. The maximum atomic E-state index is 13.1. The third-order valence-electron chi connectivity index (χ3n) is 4.35. The molecule has 0 heterocycles. The topological polar surface area (TPSA) is 61.5 Å². The summed E-state index contributed by atoms with van der Waals surface area (Å²) in [5.74, 6) is 0.0479. The second-order valence-electron chi connectivity index (χ2n) is 6.52. The summed E-state index contributed by atoms with van der Waals surface area (Å²) >= 11 is 0. The summed E-state index contributed by atoms with van der Waals surface area (Å²) in [6.45, 7) is 9.72. The van der Waals surface area contributed by atoms with Gasteiger partial charge in [0.1, 0.15) is 29.8 Å². The Morgan fingerprint density at radius 3 is 2.08 bits per heavy atom. The Bertz CT molecular complexity index is 506. The molecule has 1 aromatic carbocycles. The molecule has 0 unspecified atom stereocenters. The lowest BCUT2D eigenvalue weighted by Gasteiger charge is -2.32. The lowest BCUT2D eigenvalue weighted by molar-refractivity contribution is -0.157. The summed E-state index contributed by atoms with van der Waals surface area (Å²) in [5, 5.41) is 0. The van der Waals surface area contributed by atoms with Gasteiger partial charge < -0.3 is 15.2 Å². The van der Waals surface area contributed by atoms with Gasteiger partial charge in [0.15, 0.2) is 0 Å². The molecule has 0 saturated heterocycles. The van der Waals surface area contributed by atoms with Crippen molar-refractivity contribution < 1.29 is 18.7 Å². The van der Waals surface area contributed by atoms with Gasteiger partial charge in [0.25, 0.3) is 0 Å². The van der Waals surface area contributed by atoms with Crippen LogP contribution in [0.4, 0.5) is 4.39 Å². The average molecular weight is 376 g/mol. The van der Waals surface area contributed by atoms with Gasteiger partial charge in [-0.05, 0) is 55.9 Å². The highest BCUT2D eigenvalue weighted by Gasteiger charge is 2.31. The minimum Gasteiger partial charge on any atom is -0.486 e. The Balaban J connectivity index is 0.00000576. The summed E-state index contributed by atoms with van der Waals surface area (Å²) in [7, 11) is 0. The number of halogens is 2. The van der Waals surface area contributed by atoms with Gasteiger partial charge in [-0.2, -0.15) is 0 Å². The van der Waals surface area contributed by atoms with Crippen LogP contribution in [0, 0.1) is 17.7 Å². The van der Waals surface area contributed by atoms with E-state index < -0.39 is 18.1 Å². The smallest absolute Gasteiger partial charge is 0.323 e. The van der Waals surface area contributed by atoms with Crippen molar-refractivity contribution in [2.24, 2.45) is 17.6 Å². The predicted molar refractivity (Wildman–Crippen MR) is 101 cm³/mol. The number of carbonyl (C=O) groups is 1. The minimum absolute atomic E-state index is 0. The molecule has 6 heteroatoms. The number of esters is 1. The molecule has 25 heavy (non-hydrogen) atoms. The third-order valence-corrected chi connectivity index (χ3v) is 4.35. The molecule has 0 bridgehead atoms. The molecule has 2 N–H and O–H groups in total. The predicted octanol–water partition coefficient (Wildman–Crippen LogP) is 4.35. The monoisotopic (exact) mass is 375 g/mol. The van der Waals surface area contributed by atoms with Crippen LogP contribution in [0.25, 0.3) is 0 Å². The Morgan fingerprint density at radius 1 is 1.12 bits per heavy atom. The van der Waals surface area contributed by atoms with E-state index in [1.165, 1.54) is 12.1 Å². The zero-order chi connectivity index (χ0) is 18.3. The summed E-state index contributed by atoms with van der Waals surface area (Å²) in [4.78, 5) is 12.1. The second kappa shape index (κ2) is 11.3. The van der Waals surface area contributed by atoms with Gasteiger partial charge in [-0.15, -0.1) is 12.4 Å². The number of nitrogens with two attached hydrogens (primary N) is 1. The fourth-order valence-electron chi connectivity index (χ4n) is 2.60. The molecule has 1 rings (SSSR count). The Kier molecular flexibility index (Phi) is 10.7. The van der Waals surface area contributed by atoms with E-state index in [9.17, 15) is 9.18 Å². The Hall–Kier alpha value is -1.33. The first kappa shape index (κ1) is 23.7. The lowest BCUT2D eigenvalue weighted by Crippen LogP contribution is -2.44. The number of hydrogen-bond acceptors (Lipinski definition) is 4. The van der Waals surface area contributed by atoms with Crippen LogP contribution in [0.2, 0.25) is 0 Å². The van der Waals surface area contributed by atoms with Gasteiger partial charge in [-0.25, -0.2) is 4.39 Å². The van der Waals surface area contributed by atoms with Gasteiger partial charge >= 0.3 is 5.97 Å². The molecule has 0 aliphatic carbocycles. The van der Waals surface area contributed by atoms with Crippen molar-refractivity contribution in [2.75, 3.05) is 0 Å². The first-order valence-electron chi connectivity index (χ1n) is 8.68. The molecular weight excluding hydrogens is 345 g/mol. The largest absolute Gasteiger partial charge is 0.486 e. The molecule has 3 atom stereocenters. The minimum atomic E-state index is -0.652. The average Bonchev–Trinajstić information content (AvgIpc) is 2.55. The first-order chi connectivity index (χ1) is 11.3. The number of hydrogen-bond donors (Lipinski definition) is 1. The van der Waals surface area contributed by atoms with Crippen molar-refractivity contribution in [1.29, 1.82) is 0 Å². The normalized spacial score (nSPS) is 14.6. The number of carbonyl (C=O) groups excluding carboxylic acids is 1. The highest BCUT2D eigenvalue weighted by molar-refractivity contribution is 5.85. The van der Waals surface area contributed by atoms with Crippen molar-refractivity contribution >= 4 is 18.4 Å². The lowest BCUT2D eigenvalue weighted by atomic mass is 9.93. The number of rotatable bonds is 9. The standard InChI is InChI=1S/C19H30FNO3.ClH/c1-6-14(7-2)18(24-16-10-8-15(20)9-11-16)13(5)23-19(22)17(21)12(3)4;/h8-14,17-18H,6-7,21H2,1-5H3;1H/t13-,17-,18-;/m0./s1. The fraction of sp³-hybridized carbons (Fsp3) is 0.632. The van der Waals surface area contributed by atoms with E-state index in [0.717, 1.165) is 12.8 Å². The van der Waals surface area contributed by atoms with E-state index in [2.05, 4.69) is 13.8 Å². The summed E-state index contributed by atoms with van der Waals surface area (Å²) < 4.78 is 24.7. The Morgan fingerprint density at radius 2 is 1.64 bits per heavy atom.